The van der Waals surface area contributed by atoms with Crippen LogP contribution in [0.1, 0.15) is 36.2 Å². The zero-order valence-corrected chi connectivity index (χ0v) is 11.3. The molecular formula is C11H14ClNO4S. The van der Waals surface area contributed by atoms with Crippen molar-refractivity contribution in [3.05, 3.63) is 18.0 Å². The normalized spacial score (nSPS) is 16.3. The number of halogens is 1. The fraction of sp³-hybridized carbons (Fsp3) is 0.545. The minimum atomic E-state index is -3.81. The van der Waals surface area contributed by atoms with E-state index in [1.165, 1.54) is 31.5 Å². The van der Waals surface area contributed by atoms with Crippen molar-refractivity contribution >= 4 is 25.7 Å². The van der Waals surface area contributed by atoms with Gasteiger partial charge >= 0.3 is 5.97 Å². The van der Waals surface area contributed by atoms with E-state index in [1.54, 1.807) is 0 Å². The summed E-state index contributed by atoms with van der Waals surface area (Å²) in [6, 6.07) is 1.17. The van der Waals surface area contributed by atoms with Crippen LogP contribution in [0, 0.1) is 5.92 Å². The molecule has 18 heavy (non-hydrogen) atoms. The number of hydrogen-bond donors (Lipinski definition) is 1. The van der Waals surface area contributed by atoms with Gasteiger partial charge in [0.25, 0.3) is 9.05 Å². The van der Waals surface area contributed by atoms with E-state index >= 15 is 0 Å². The summed E-state index contributed by atoms with van der Waals surface area (Å²) >= 11 is 0. The van der Waals surface area contributed by atoms with Crippen molar-refractivity contribution < 1.29 is 17.9 Å². The zero-order chi connectivity index (χ0) is 13.2. The minimum Gasteiger partial charge on any atom is -0.461 e. The molecule has 0 spiro atoms. The maximum atomic E-state index is 11.6. The lowest BCUT2D eigenvalue weighted by molar-refractivity contribution is 0.0458. The van der Waals surface area contributed by atoms with Gasteiger partial charge in [-0.15, -0.1) is 0 Å². The second kappa shape index (κ2) is 5.32. The van der Waals surface area contributed by atoms with E-state index < -0.39 is 15.0 Å². The van der Waals surface area contributed by atoms with Crippen LogP contribution in [0.4, 0.5) is 0 Å². The maximum absolute atomic E-state index is 11.6. The van der Waals surface area contributed by atoms with Gasteiger partial charge in [-0.05, 0) is 18.4 Å². The molecular weight excluding hydrogens is 278 g/mol. The molecule has 1 heterocycles. The first-order chi connectivity index (χ1) is 8.47. The molecule has 100 valence electrons. The highest BCUT2D eigenvalue weighted by molar-refractivity contribution is 8.13. The Morgan fingerprint density at radius 1 is 1.50 bits per heavy atom. The molecule has 1 fully saturated rings. The van der Waals surface area contributed by atoms with Gasteiger partial charge in [0.05, 0.1) is 6.61 Å². The van der Waals surface area contributed by atoms with E-state index in [0.29, 0.717) is 12.5 Å². The predicted octanol–water partition coefficient (Wildman–Crippen LogP) is 2.29. The summed E-state index contributed by atoms with van der Waals surface area (Å²) in [4.78, 5) is 14.0. The van der Waals surface area contributed by atoms with Crippen LogP contribution in [-0.4, -0.2) is 26.0 Å². The van der Waals surface area contributed by atoms with Crippen LogP contribution in [0.5, 0.6) is 0 Å². The SMILES string of the molecule is O=C(OCCC1CCC1)c1cc(S(=O)(=O)Cl)c[nH]1. The van der Waals surface area contributed by atoms with Crippen molar-refractivity contribution in [2.24, 2.45) is 5.92 Å². The molecule has 0 atom stereocenters. The lowest BCUT2D eigenvalue weighted by atomic mass is 9.83. The number of rotatable bonds is 5. The van der Waals surface area contributed by atoms with Crippen LogP contribution in [0.15, 0.2) is 17.2 Å². The third kappa shape index (κ3) is 3.26. The van der Waals surface area contributed by atoms with Gasteiger partial charge in [-0.25, -0.2) is 13.2 Å². The Morgan fingerprint density at radius 3 is 2.72 bits per heavy atom. The van der Waals surface area contributed by atoms with E-state index in [-0.39, 0.29) is 10.6 Å². The Labute approximate surface area is 110 Å². The van der Waals surface area contributed by atoms with Crippen LogP contribution in [0.3, 0.4) is 0 Å². The minimum absolute atomic E-state index is 0.0998. The molecule has 0 bridgehead atoms. The van der Waals surface area contributed by atoms with Crippen molar-refractivity contribution in [3.8, 4) is 0 Å². The highest BCUT2D eigenvalue weighted by Gasteiger charge is 2.19. The molecule has 5 nitrogen and oxygen atoms in total. The molecule has 0 aliphatic heterocycles. The molecule has 7 heteroatoms. The predicted molar refractivity (Wildman–Crippen MR) is 66.1 cm³/mol. The fourth-order valence-electron chi connectivity index (χ4n) is 1.81. The highest BCUT2D eigenvalue weighted by atomic mass is 35.7. The quantitative estimate of drug-likeness (QED) is 0.667. The first kappa shape index (κ1) is 13.4. The number of carbonyl (C=O) groups is 1. The number of carbonyl (C=O) groups excluding carboxylic acids is 1. The van der Waals surface area contributed by atoms with Crippen LogP contribution >= 0.6 is 10.7 Å². The number of nitrogens with one attached hydrogen (secondary N) is 1. The fourth-order valence-corrected chi connectivity index (χ4v) is 2.54. The molecule has 1 aliphatic rings. The Hall–Kier alpha value is -1.01. The van der Waals surface area contributed by atoms with E-state index in [0.717, 1.165) is 6.42 Å². The number of hydrogen-bond acceptors (Lipinski definition) is 4. The van der Waals surface area contributed by atoms with E-state index in [9.17, 15) is 13.2 Å². The number of aromatic amines is 1. The number of aromatic nitrogens is 1. The van der Waals surface area contributed by atoms with Crippen molar-refractivity contribution in [1.82, 2.24) is 4.98 Å². The van der Waals surface area contributed by atoms with Crippen molar-refractivity contribution in [3.63, 3.8) is 0 Å². The van der Waals surface area contributed by atoms with Crippen molar-refractivity contribution in [2.45, 2.75) is 30.6 Å². The standard InChI is InChI=1S/C11H14ClNO4S/c12-18(15,16)9-6-10(13-7-9)11(14)17-5-4-8-2-1-3-8/h6-8,13H,1-5H2. The van der Waals surface area contributed by atoms with Gasteiger partial charge in [-0.2, -0.15) is 0 Å². The molecule has 2 rings (SSSR count). The molecule has 1 saturated carbocycles. The van der Waals surface area contributed by atoms with Crippen molar-refractivity contribution in [2.75, 3.05) is 6.61 Å². The Balaban J connectivity index is 1.86. The van der Waals surface area contributed by atoms with Gasteiger partial charge in [0.2, 0.25) is 0 Å². The van der Waals surface area contributed by atoms with Gasteiger partial charge in [-0.1, -0.05) is 19.3 Å². The van der Waals surface area contributed by atoms with Crippen molar-refractivity contribution in [1.29, 1.82) is 0 Å². The second-order valence-electron chi connectivity index (χ2n) is 4.41. The molecule has 1 aliphatic carbocycles. The molecule has 1 N–H and O–H groups in total. The Kier molecular flexibility index (Phi) is 3.97. The largest absolute Gasteiger partial charge is 0.461 e. The van der Waals surface area contributed by atoms with Crippen LogP contribution < -0.4 is 0 Å². The summed E-state index contributed by atoms with van der Waals surface area (Å²) < 4.78 is 27.1. The van der Waals surface area contributed by atoms with Crippen LogP contribution in [0.2, 0.25) is 0 Å². The topological polar surface area (TPSA) is 76.2 Å². The molecule has 0 saturated heterocycles. The van der Waals surface area contributed by atoms with E-state index in [4.69, 9.17) is 15.4 Å². The maximum Gasteiger partial charge on any atom is 0.354 e. The molecule has 0 unspecified atom stereocenters. The first-order valence-corrected chi connectivity index (χ1v) is 8.08. The average molecular weight is 292 g/mol. The monoisotopic (exact) mass is 291 g/mol. The summed E-state index contributed by atoms with van der Waals surface area (Å²) in [6.45, 7) is 0.367. The summed E-state index contributed by atoms with van der Waals surface area (Å²) in [6.07, 6.45) is 5.70. The van der Waals surface area contributed by atoms with Crippen LogP contribution in [0.25, 0.3) is 0 Å². The van der Waals surface area contributed by atoms with Gasteiger partial charge in [0.1, 0.15) is 10.6 Å². The Bertz CT molecular complexity index is 533. The second-order valence-corrected chi connectivity index (χ2v) is 6.97. The molecule has 1 aromatic rings. The number of esters is 1. The summed E-state index contributed by atoms with van der Waals surface area (Å²) in [5, 5.41) is 0. The molecule has 0 aromatic carbocycles. The average Bonchev–Trinajstić information content (AvgIpc) is 2.69. The van der Waals surface area contributed by atoms with Gasteiger partial charge in [0, 0.05) is 16.9 Å². The highest BCUT2D eigenvalue weighted by Crippen LogP contribution is 2.29. The van der Waals surface area contributed by atoms with Gasteiger partial charge in [-0.3, -0.25) is 0 Å². The third-order valence-electron chi connectivity index (χ3n) is 3.14. The number of H-pyrrole nitrogens is 1. The van der Waals surface area contributed by atoms with Gasteiger partial charge < -0.3 is 9.72 Å². The summed E-state index contributed by atoms with van der Waals surface area (Å²) in [5.74, 6) is 0.112. The number of ether oxygens (including phenoxy) is 1. The lowest BCUT2D eigenvalue weighted by Gasteiger charge is -2.24. The van der Waals surface area contributed by atoms with E-state index in [1.807, 2.05) is 0 Å². The third-order valence-corrected chi connectivity index (χ3v) is 4.48. The summed E-state index contributed by atoms with van der Waals surface area (Å²) in [5.41, 5.74) is 0.0998. The van der Waals surface area contributed by atoms with Crippen LogP contribution in [-0.2, 0) is 13.8 Å². The summed E-state index contributed by atoms with van der Waals surface area (Å²) in [7, 11) is 1.34. The van der Waals surface area contributed by atoms with Gasteiger partial charge in [0.15, 0.2) is 0 Å². The zero-order valence-electron chi connectivity index (χ0n) is 9.69. The Morgan fingerprint density at radius 2 is 2.22 bits per heavy atom. The first-order valence-electron chi connectivity index (χ1n) is 5.77. The smallest absolute Gasteiger partial charge is 0.354 e. The molecule has 0 radical (unpaired) electrons. The lowest BCUT2D eigenvalue weighted by Crippen LogP contribution is -2.15. The van der Waals surface area contributed by atoms with E-state index in [2.05, 4.69) is 4.98 Å². The molecule has 0 amide bonds. The molecule has 1 aromatic heterocycles.